The predicted molar refractivity (Wildman–Crippen MR) is 79.8 cm³/mol. The second-order valence-corrected chi connectivity index (χ2v) is 5.73. The van der Waals surface area contributed by atoms with Gasteiger partial charge in [0.15, 0.2) is 0 Å². The predicted octanol–water partition coefficient (Wildman–Crippen LogP) is 2.16. The van der Waals surface area contributed by atoms with Crippen molar-refractivity contribution >= 4 is 11.9 Å². The molecule has 0 atom stereocenters. The standard InChI is InChI=1S/C16H23NO4/c1-16(2,15(20)17(3)10-9-14(18)19)12-21-11-13-7-5-4-6-8-13/h4-8H,9-12H2,1-3H3,(H,18,19). The van der Waals surface area contributed by atoms with E-state index < -0.39 is 11.4 Å². The maximum atomic E-state index is 12.3. The molecular weight excluding hydrogens is 270 g/mol. The summed E-state index contributed by atoms with van der Waals surface area (Å²) in [4.78, 5) is 24.3. The summed E-state index contributed by atoms with van der Waals surface area (Å²) in [7, 11) is 1.62. The summed E-state index contributed by atoms with van der Waals surface area (Å²) in [6.07, 6.45) is -0.0524. The highest BCUT2D eigenvalue weighted by atomic mass is 16.5. The summed E-state index contributed by atoms with van der Waals surface area (Å²) in [6.45, 7) is 4.56. The molecule has 0 aliphatic heterocycles. The van der Waals surface area contributed by atoms with Crippen LogP contribution >= 0.6 is 0 Å². The first-order chi connectivity index (χ1) is 9.83. The fourth-order valence-electron chi connectivity index (χ4n) is 1.94. The van der Waals surface area contributed by atoms with Crippen molar-refractivity contribution in [1.29, 1.82) is 0 Å². The number of rotatable bonds is 8. The molecule has 5 heteroatoms. The van der Waals surface area contributed by atoms with Gasteiger partial charge in [-0.1, -0.05) is 30.3 Å². The molecule has 1 rings (SSSR count). The molecule has 21 heavy (non-hydrogen) atoms. The van der Waals surface area contributed by atoms with Crippen molar-refractivity contribution in [3.8, 4) is 0 Å². The Hall–Kier alpha value is -1.88. The topological polar surface area (TPSA) is 66.8 Å². The molecule has 1 N–H and O–H groups in total. The average Bonchev–Trinajstić information content (AvgIpc) is 2.44. The molecule has 5 nitrogen and oxygen atoms in total. The Balaban J connectivity index is 2.44. The van der Waals surface area contributed by atoms with E-state index in [1.807, 2.05) is 30.3 Å². The van der Waals surface area contributed by atoms with E-state index >= 15 is 0 Å². The second kappa shape index (κ2) is 7.78. The number of nitrogens with zero attached hydrogens (tertiary/aromatic N) is 1. The van der Waals surface area contributed by atoms with Crippen LogP contribution in [-0.2, 0) is 20.9 Å². The van der Waals surface area contributed by atoms with Crippen LogP contribution in [0.15, 0.2) is 30.3 Å². The van der Waals surface area contributed by atoms with Crippen LogP contribution in [-0.4, -0.2) is 42.1 Å². The molecule has 0 heterocycles. The van der Waals surface area contributed by atoms with Crippen molar-refractivity contribution in [3.63, 3.8) is 0 Å². The van der Waals surface area contributed by atoms with Gasteiger partial charge in [-0.15, -0.1) is 0 Å². The third-order valence-electron chi connectivity index (χ3n) is 3.16. The quantitative estimate of drug-likeness (QED) is 0.797. The first-order valence-electron chi connectivity index (χ1n) is 6.92. The van der Waals surface area contributed by atoms with Crippen molar-refractivity contribution in [3.05, 3.63) is 35.9 Å². The van der Waals surface area contributed by atoms with Crippen LogP contribution in [0.2, 0.25) is 0 Å². The lowest BCUT2D eigenvalue weighted by molar-refractivity contribution is -0.144. The van der Waals surface area contributed by atoms with Gasteiger partial charge >= 0.3 is 5.97 Å². The number of hydrogen-bond acceptors (Lipinski definition) is 3. The molecule has 116 valence electrons. The van der Waals surface area contributed by atoms with Crippen LogP contribution in [0.1, 0.15) is 25.8 Å². The summed E-state index contributed by atoms with van der Waals surface area (Å²) < 4.78 is 5.62. The van der Waals surface area contributed by atoms with Crippen LogP contribution < -0.4 is 0 Å². The smallest absolute Gasteiger partial charge is 0.305 e. The summed E-state index contributed by atoms with van der Waals surface area (Å²) >= 11 is 0. The molecule has 0 unspecified atom stereocenters. The van der Waals surface area contributed by atoms with Gasteiger partial charge in [0.25, 0.3) is 0 Å². The van der Waals surface area contributed by atoms with Gasteiger partial charge in [-0.3, -0.25) is 9.59 Å². The number of carbonyl (C=O) groups is 2. The SMILES string of the molecule is CN(CCC(=O)O)C(=O)C(C)(C)COCc1ccccc1. The lowest BCUT2D eigenvalue weighted by Crippen LogP contribution is -2.42. The number of hydrogen-bond donors (Lipinski definition) is 1. The number of ether oxygens (including phenoxy) is 1. The molecule has 0 bridgehead atoms. The Morgan fingerprint density at radius 3 is 2.43 bits per heavy atom. The van der Waals surface area contributed by atoms with Crippen molar-refractivity contribution in [2.75, 3.05) is 20.2 Å². The number of carboxylic acid groups (broad SMARTS) is 1. The van der Waals surface area contributed by atoms with Gasteiger partial charge in [-0.25, -0.2) is 0 Å². The number of carbonyl (C=O) groups excluding carboxylic acids is 1. The largest absolute Gasteiger partial charge is 0.481 e. The van der Waals surface area contributed by atoms with Crippen molar-refractivity contribution in [2.45, 2.75) is 26.9 Å². The van der Waals surface area contributed by atoms with Gasteiger partial charge in [0.1, 0.15) is 0 Å². The van der Waals surface area contributed by atoms with E-state index in [1.54, 1.807) is 20.9 Å². The summed E-state index contributed by atoms with van der Waals surface area (Å²) in [5, 5.41) is 8.65. The maximum absolute atomic E-state index is 12.3. The monoisotopic (exact) mass is 293 g/mol. The zero-order valence-corrected chi connectivity index (χ0v) is 12.8. The molecule has 1 aromatic rings. The van der Waals surface area contributed by atoms with Gasteiger partial charge in [-0.05, 0) is 19.4 Å². The van der Waals surface area contributed by atoms with E-state index in [0.717, 1.165) is 5.56 Å². The number of carboxylic acids is 1. The third kappa shape index (κ3) is 5.95. The minimum atomic E-state index is -0.909. The van der Waals surface area contributed by atoms with Gasteiger partial charge in [0.2, 0.25) is 5.91 Å². The molecule has 0 saturated heterocycles. The average molecular weight is 293 g/mol. The Morgan fingerprint density at radius 1 is 1.24 bits per heavy atom. The fourth-order valence-corrected chi connectivity index (χ4v) is 1.94. The second-order valence-electron chi connectivity index (χ2n) is 5.73. The Morgan fingerprint density at radius 2 is 1.86 bits per heavy atom. The normalized spacial score (nSPS) is 11.2. The minimum Gasteiger partial charge on any atom is -0.481 e. The van der Waals surface area contributed by atoms with Crippen molar-refractivity contribution in [2.24, 2.45) is 5.41 Å². The molecule has 0 aliphatic rings. The van der Waals surface area contributed by atoms with E-state index in [9.17, 15) is 9.59 Å². The van der Waals surface area contributed by atoms with Crippen LogP contribution in [0.4, 0.5) is 0 Å². The van der Waals surface area contributed by atoms with Crippen molar-refractivity contribution < 1.29 is 19.4 Å². The highest BCUT2D eigenvalue weighted by Gasteiger charge is 2.30. The molecule has 0 spiro atoms. The fraction of sp³-hybridized carbons (Fsp3) is 0.500. The highest BCUT2D eigenvalue weighted by Crippen LogP contribution is 2.19. The van der Waals surface area contributed by atoms with Crippen LogP contribution in [0.25, 0.3) is 0 Å². The first-order valence-corrected chi connectivity index (χ1v) is 6.92. The van der Waals surface area contributed by atoms with Gasteiger partial charge in [0, 0.05) is 13.6 Å². The molecule has 0 fully saturated rings. The lowest BCUT2D eigenvalue weighted by Gasteiger charge is -2.29. The molecule has 0 saturated carbocycles. The third-order valence-corrected chi connectivity index (χ3v) is 3.16. The van der Waals surface area contributed by atoms with E-state index in [-0.39, 0.29) is 25.5 Å². The van der Waals surface area contributed by atoms with E-state index in [2.05, 4.69) is 0 Å². The van der Waals surface area contributed by atoms with Crippen molar-refractivity contribution in [1.82, 2.24) is 4.90 Å². The van der Waals surface area contributed by atoms with Crippen LogP contribution in [0.3, 0.4) is 0 Å². The molecule has 0 radical (unpaired) electrons. The number of amides is 1. The van der Waals surface area contributed by atoms with Gasteiger partial charge < -0.3 is 14.7 Å². The zero-order valence-electron chi connectivity index (χ0n) is 12.8. The van der Waals surface area contributed by atoms with Gasteiger partial charge in [-0.2, -0.15) is 0 Å². The van der Waals surface area contributed by atoms with E-state index in [4.69, 9.17) is 9.84 Å². The Kier molecular flexibility index (Phi) is 6.37. The van der Waals surface area contributed by atoms with Crippen LogP contribution in [0, 0.1) is 5.41 Å². The lowest BCUT2D eigenvalue weighted by atomic mass is 9.93. The minimum absolute atomic E-state index is 0.0524. The van der Waals surface area contributed by atoms with Crippen LogP contribution in [0.5, 0.6) is 0 Å². The molecule has 0 aliphatic carbocycles. The summed E-state index contributed by atoms with van der Waals surface area (Å²) in [5.74, 6) is -1.02. The Bertz CT molecular complexity index is 470. The summed E-state index contributed by atoms with van der Waals surface area (Å²) in [5.41, 5.74) is 0.377. The van der Waals surface area contributed by atoms with Gasteiger partial charge in [0.05, 0.1) is 25.0 Å². The molecule has 1 aromatic carbocycles. The number of aliphatic carboxylic acids is 1. The maximum Gasteiger partial charge on any atom is 0.305 e. The first kappa shape index (κ1) is 17.2. The Labute approximate surface area is 125 Å². The summed E-state index contributed by atoms with van der Waals surface area (Å²) in [6, 6.07) is 9.75. The van der Waals surface area contributed by atoms with E-state index in [1.165, 1.54) is 4.90 Å². The molecule has 1 amide bonds. The molecule has 0 aromatic heterocycles. The number of benzene rings is 1. The highest BCUT2D eigenvalue weighted by molar-refractivity contribution is 5.82. The molecular formula is C16H23NO4. The van der Waals surface area contributed by atoms with E-state index in [0.29, 0.717) is 6.61 Å². The zero-order chi connectivity index (χ0) is 15.9.